The molecule has 18 heavy (non-hydrogen) atoms. The van der Waals surface area contributed by atoms with Crippen LogP contribution in [0.4, 0.5) is 13.2 Å². The van der Waals surface area contributed by atoms with Gasteiger partial charge in [0.25, 0.3) is 0 Å². The van der Waals surface area contributed by atoms with Gasteiger partial charge in [0.2, 0.25) is 0 Å². The molecule has 1 heterocycles. The molecular formula is C11H11F3N2OS. The zero-order valence-corrected chi connectivity index (χ0v) is 10.4. The van der Waals surface area contributed by atoms with Gasteiger partial charge in [0, 0.05) is 11.8 Å². The number of fused-ring (bicyclic) bond motifs is 1. The van der Waals surface area contributed by atoms with E-state index >= 15 is 0 Å². The highest BCUT2D eigenvalue weighted by Gasteiger charge is 2.26. The number of nitrogens with one attached hydrogen (secondary N) is 1. The third kappa shape index (κ3) is 3.32. The molecule has 3 nitrogen and oxygen atoms in total. The second kappa shape index (κ2) is 5.09. The standard InChI is InChI=1S/C11H11F3N2OS/c1-17-7-2-3-8-9(6-7)16-10(15-8)18-5-4-11(12,13)14/h2-3,6H,4-5H2,1H3,(H,15,16). The summed E-state index contributed by atoms with van der Waals surface area (Å²) in [5, 5.41) is 0.488. The number of hydrogen-bond acceptors (Lipinski definition) is 3. The minimum absolute atomic E-state index is 0.0412. The van der Waals surface area contributed by atoms with E-state index in [1.165, 1.54) is 0 Å². The summed E-state index contributed by atoms with van der Waals surface area (Å²) in [5.41, 5.74) is 1.47. The smallest absolute Gasteiger partial charge is 0.389 e. The van der Waals surface area contributed by atoms with Crippen molar-refractivity contribution in [2.24, 2.45) is 0 Å². The molecule has 7 heteroatoms. The number of thioether (sulfide) groups is 1. The first-order chi connectivity index (χ1) is 8.48. The van der Waals surface area contributed by atoms with Crippen molar-refractivity contribution in [1.29, 1.82) is 0 Å². The third-order valence-electron chi connectivity index (χ3n) is 2.29. The average Bonchev–Trinajstić information content (AvgIpc) is 2.68. The molecule has 1 N–H and O–H groups in total. The zero-order chi connectivity index (χ0) is 13.2. The average molecular weight is 276 g/mol. The molecule has 0 radical (unpaired) electrons. The van der Waals surface area contributed by atoms with E-state index in [-0.39, 0.29) is 5.75 Å². The van der Waals surface area contributed by atoms with E-state index in [0.717, 1.165) is 17.3 Å². The number of hydrogen-bond donors (Lipinski definition) is 1. The Hall–Kier alpha value is -1.37. The Labute approximate surface area is 106 Å². The van der Waals surface area contributed by atoms with Gasteiger partial charge in [0.1, 0.15) is 5.75 Å². The Morgan fingerprint density at radius 1 is 1.39 bits per heavy atom. The summed E-state index contributed by atoms with van der Waals surface area (Å²) >= 11 is 1.06. The quantitative estimate of drug-likeness (QED) is 0.867. The fourth-order valence-electron chi connectivity index (χ4n) is 1.42. The molecule has 0 aliphatic heterocycles. The summed E-state index contributed by atoms with van der Waals surface area (Å²) in [4.78, 5) is 7.15. The summed E-state index contributed by atoms with van der Waals surface area (Å²) in [6, 6.07) is 5.28. The minimum Gasteiger partial charge on any atom is -0.497 e. The molecule has 0 unspecified atom stereocenters. The van der Waals surface area contributed by atoms with Gasteiger partial charge < -0.3 is 9.72 Å². The van der Waals surface area contributed by atoms with Crippen LogP contribution in [0.3, 0.4) is 0 Å². The Morgan fingerprint density at radius 3 is 2.83 bits per heavy atom. The van der Waals surface area contributed by atoms with Crippen LogP contribution < -0.4 is 4.74 Å². The molecule has 2 rings (SSSR count). The van der Waals surface area contributed by atoms with Gasteiger partial charge in [0.15, 0.2) is 5.16 Å². The van der Waals surface area contributed by atoms with Crippen LogP contribution in [0.1, 0.15) is 6.42 Å². The molecule has 0 aliphatic rings. The van der Waals surface area contributed by atoms with Crippen LogP contribution in [0.15, 0.2) is 23.4 Å². The fraction of sp³-hybridized carbons (Fsp3) is 0.364. The molecule has 98 valence electrons. The number of ether oxygens (including phenoxy) is 1. The van der Waals surface area contributed by atoms with Crippen LogP contribution in [0.2, 0.25) is 0 Å². The second-order valence-corrected chi connectivity index (χ2v) is 4.72. The van der Waals surface area contributed by atoms with Crippen LogP contribution >= 0.6 is 11.8 Å². The van der Waals surface area contributed by atoms with Gasteiger partial charge in [-0.2, -0.15) is 13.2 Å². The number of alkyl halides is 3. The molecule has 0 saturated carbocycles. The Morgan fingerprint density at radius 2 is 2.17 bits per heavy atom. The second-order valence-electron chi connectivity index (χ2n) is 3.64. The normalized spacial score (nSPS) is 12.0. The van der Waals surface area contributed by atoms with Crippen molar-refractivity contribution in [3.63, 3.8) is 0 Å². The SMILES string of the molecule is COc1ccc2nc(SCCC(F)(F)F)[nH]c2c1. The number of halogens is 3. The van der Waals surface area contributed by atoms with E-state index in [0.29, 0.717) is 16.4 Å². The number of aromatic nitrogens is 2. The molecule has 1 aromatic carbocycles. The monoisotopic (exact) mass is 276 g/mol. The van der Waals surface area contributed by atoms with Crippen LogP contribution in [0.25, 0.3) is 11.0 Å². The van der Waals surface area contributed by atoms with Crippen LogP contribution in [-0.2, 0) is 0 Å². The number of methoxy groups -OCH3 is 1. The third-order valence-corrected chi connectivity index (χ3v) is 3.17. The van der Waals surface area contributed by atoms with E-state index in [1.54, 1.807) is 25.3 Å². The van der Waals surface area contributed by atoms with Gasteiger partial charge in [-0.25, -0.2) is 4.98 Å². The summed E-state index contributed by atoms with van der Waals surface area (Å²) in [6.07, 6.45) is -4.94. The predicted molar refractivity (Wildman–Crippen MR) is 64.0 cm³/mol. The number of nitrogens with zero attached hydrogens (tertiary/aromatic N) is 1. The summed E-state index contributed by atoms with van der Waals surface area (Å²) < 4.78 is 41.1. The van der Waals surface area contributed by atoms with Crippen molar-refractivity contribution >= 4 is 22.8 Å². The van der Waals surface area contributed by atoms with Crippen LogP contribution in [0.5, 0.6) is 5.75 Å². The maximum Gasteiger partial charge on any atom is 0.389 e. The van der Waals surface area contributed by atoms with Crippen molar-refractivity contribution in [2.75, 3.05) is 12.9 Å². The number of benzene rings is 1. The number of imidazole rings is 1. The van der Waals surface area contributed by atoms with Crippen molar-refractivity contribution < 1.29 is 17.9 Å². The molecule has 0 spiro atoms. The van der Waals surface area contributed by atoms with E-state index in [9.17, 15) is 13.2 Å². The zero-order valence-electron chi connectivity index (χ0n) is 9.54. The molecule has 0 fully saturated rings. The van der Waals surface area contributed by atoms with Crippen molar-refractivity contribution in [3.8, 4) is 5.75 Å². The molecule has 2 aromatic rings. The van der Waals surface area contributed by atoms with Crippen LogP contribution in [-0.4, -0.2) is 29.0 Å². The molecule has 0 aliphatic carbocycles. The van der Waals surface area contributed by atoms with Crippen molar-refractivity contribution in [3.05, 3.63) is 18.2 Å². The van der Waals surface area contributed by atoms with Gasteiger partial charge in [-0.1, -0.05) is 11.8 Å². The first-order valence-corrected chi connectivity index (χ1v) is 6.20. The highest BCUT2D eigenvalue weighted by Crippen LogP contribution is 2.27. The number of rotatable bonds is 4. The largest absolute Gasteiger partial charge is 0.497 e. The van der Waals surface area contributed by atoms with E-state index in [2.05, 4.69) is 9.97 Å². The van der Waals surface area contributed by atoms with Crippen molar-refractivity contribution in [1.82, 2.24) is 9.97 Å². The molecular weight excluding hydrogens is 265 g/mol. The fourth-order valence-corrected chi connectivity index (χ4v) is 2.30. The Balaban J connectivity index is 2.06. The van der Waals surface area contributed by atoms with Gasteiger partial charge in [0.05, 0.1) is 24.6 Å². The summed E-state index contributed by atoms with van der Waals surface area (Å²) in [7, 11) is 1.55. The lowest BCUT2D eigenvalue weighted by molar-refractivity contribution is -0.129. The van der Waals surface area contributed by atoms with Gasteiger partial charge in [-0.05, 0) is 12.1 Å². The topological polar surface area (TPSA) is 37.9 Å². The number of H-pyrrole nitrogens is 1. The highest BCUT2D eigenvalue weighted by molar-refractivity contribution is 7.99. The maximum absolute atomic E-state index is 12.0. The number of aromatic amines is 1. The predicted octanol–water partition coefficient (Wildman–Crippen LogP) is 3.62. The lowest BCUT2D eigenvalue weighted by Crippen LogP contribution is -2.08. The first-order valence-electron chi connectivity index (χ1n) is 5.21. The minimum atomic E-state index is -4.12. The molecule has 0 amide bonds. The molecule has 0 atom stereocenters. The van der Waals surface area contributed by atoms with Gasteiger partial charge >= 0.3 is 6.18 Å². The molecule has 0 saturated heterocycles. The summed E-state index contributed by atoms with van der Waals surface area (Å²) in [6.45, 7) is 0. The Kier molecular flexibility index (Phi) is 3.70. The van der Waals surface area contributed by atoms with E-state index in [1.807, 2.05) is 0 Å². The molecule has 0 bridgehead atoms. The first kappa shape index (κ1) is 13.1. The van der Waals surface area contributed by atoms with Crippen molar-refractivity contribution in [2.45, 2.75) is 17.8 Å². The van der Waals surface area contributed by atoms with Gasteiger partial charge in [-0.3, -0.25) is 0 Å². The van der Waals surface area contributed by atoms with E-state index < -0.39 is 12.6 Å². The summed E-state index contributed by atoms with van der Waals surface area (Å²) in [5.74, 6) is 0.637. The maximum atomic E-state index is 12.0. The molecule has 1 aromatic heterocycles. The lowest BCUT2D eigenvalue weighted by Gasteiger charge is -2.03. The lowest BCUT2D eigenvalue weighted by atomic mass is 10.3. The van der Waals surface area contributed by atoms with E-state index in [4.69, 9.17) is 4.74 Å². The van der Waals surface area contributed by atoms with Crippen LogP contribution in [0, 0.1) is 0 Å². The van der Waals surface area contributed by atoms with Gasteiger partial charge in [-0.15, -0.1) is 0 Å². The Bertz CT molecular complexity index is 539. The highest BCUT2D eigenvalue weighted by atomic mass is 32.2.